The zero-order valence-corrected chi connectivity index (χ0v) is 20.8. The highest BCUT2D eigenvalue weighted by molar-refractivity contribution is 6.05. The number of hydrogen-bond acceptors (Lipinski definition) is 5. The van der Waals surface area contributed by atoms with Gasteiger partial charge in [0.05, 0.1) is 17.5 Å². The van der Waals surface area contributed by atoms with Crippen molar-refractivity contribution in [3.8, 4) is 0 Å². The van der Waals surface area contributed by atoms with Crippen LogP contribution < -0.4 is 5.32 Å². The SMILES string of the molecule is CC(=O)[C@@H](NC(=O)C(C(C)C)N(C)CCCCCCN1C(=O)CC(C)(C)C1=O)C(C)C. The number of likely N-dealkylation sites (tertiary alicyclic amines) is 1. The third-order valence-corrected chi connectivity index (χ3v) is 6.14. The van der Waals surface area contributed by atoms with E-state index in [4.69, 9.17) is 0 Å². The highest BCUT2D eigenvalue weighted by atomic mass is 16.2. The Morgan fingerprint density at radius 1 is 1.03 bits per heavy atom. The van der Waals surface area contributed by atoms with Gasteiger partial charge >= 0.3 is 0 Å². The topological polar surface area (TPSA) is 86.8 Å². The van der Waals surface area contributed by atoms with Gasteiger partial charge in [0, 0.05) is 13.0 Å². The molecule has 1 aliphatic heterocycles. The summed E-state index contributed by atoms with van der Waals surface area (Å²) >= 11 is 0. The van der Waals surface area contributed by atoms with E-state index in [9.17, 15) is 19.2 Å². The van der Waals surface area contributed by atoms with Crippen LogP contribution in [0.4, 0.5) is 0 Å². The van der Waals surface area contributed by atoms with Crippen LogP contribution in [0.1, 0.15) is 80.6 Å². The van der Waals surface area contributed by atoms with E-state index in [1.165, 1.54) is 11.8 Å². The number of hydrogen-bond donors (Lipinski definition) is 1. The smallest absolute Gasteiger partial charge is 0.238 e. The summed E-state index contributed by atoms with van der Waals surface area (Å²) in [4.78, 5) is 52.5. The van der Waals surface area contributed by atoms with E-state index in [-0.39, 0.29) is 41.4 Å². The first-order valence-corrected chi connectivity index (χ1v) is 11.7. The maximum atomic E-state index is 12.9. The van der Waals surface area contributed by atoms with Crippen molar-refractivity contribution in [2.24, 2.45) is 17.3 Å². The second kappa shape index (κ2) is 11.7. The molecule has 0 spiro atoms. The molecule has 31 heavy (non-hydrogen) atoms. The van der Waals surface area contributed by atoms with E-state index in [1.807, 2.05) is 48.6 Å². The molecule has 0 bridgehead atoms. The molecule has 7 nitrogen and oxygen atoms in total. The van der Waals surface area contributed by atoms with E-state index >= 15 is 0 Å². The number of rotatable bonds is 13. The lowest BCUT2D eigenvalue weighted by Crippen LogP contribution is -2.53. The predicted molar refractivity (Wildman–Crippen MR) is 122 cm³/mol. The van der Waals surface area contributed by atoms with Crippen LogP contribution in [0.15, 0.2) is 0 Å². The number of likely N-dealkylation sites (N-methyl/N-ethyl adjacent to an activating group) is 1. The summed E-state index contributed by atoms with van der Waals surface area (Å²) < 4.78 is 0. The van der Waals surface area contributed by atoms with Gasteiger partial charge in [-0.25, -0.2) is 0 Å². The van der Waals surface area contributed by atoms with Gasteiger partial charge in [0.15, 0.2) is 5.78 Å². The maximum absolute atomic E-state index is 12.9. The van der Waals surface area contributed by atoms with Crippen LogP contribution in [0, 0.1) is 17.3 Å². The minimum absolute atomic E-state index is 0.0214. The van der Waals surface area contributed by atoms with Crippen molar-refractivity contribution in [2.45, 2.75) is 92.7 Å². The van der Waals surface area contributed by atoms with Gasteiger partial charge < -0.3 is 5.32 Å². The normalized spacial score (nSPS) is 18.2. The van der Waals surface area contributed by atoms with Crippen LogP contribution >= 0.6 is 0 Å². The van der Waals surface area contributed by atoms with Gasteiger partial charge in [0.2, 0.25) is 17.7 Å². The average molecular weight is 438 g/mol. The van der Waals surface area contributed by atoms with Gasteiger partial charge in [-0.2, -0.15) is 0 Å². The third kappa shape index (κ3) is 7.70. The number of nitrogens with zero attached hydrogens (tertiary/aromatic N) is 2. The average Bonchev–Trinajstić information content (AvgIpc) is 2.82. The molecule has 1 saturated heterocycles. The lowest BCUT2D eigenvalue weighted by atomic mass is 9.92. The van der Waals surface area contributed by atoms with Gasteiger partial charge in [-0.15, -0.1) is 0 Å². The zero-order chi connectivity index (χ0) is 23.9. The summed E-state index contributed by atoms with van der Waals surface area (Å²) in [7, 11) is 1.95. The first kappa shape index (κ1) is 27.3. The Hall–Kier alpha value is -1.76. The van der Waals surface area contributed by atoms with Crippen LogP contribution in [-0.2, 0) is 19.2 Å². The molecule has 0 aliphatic carbocycles. The van der Waals surface area contributed by atoms with Gasteiger partial charge in [0.25, 0.3) is 0 Å². The summed E-state index contributed by atoms with van der Waals surface area (Å²) in [6.07, 6.45) is 3.94. The lowest BCUT2D eigenvalue weighted by molar-refractivity contribution is -0.140. The molecule has 0 radical (unpaired) electrons. The minimum Gasteiger partial charge on any atom is -0.345 e. The third-order valence-electron chi connectivity index (χ3n) is 6.14. The van der Waals surface area contributed by atoms with Crippen molar-refractivity contribution in [1.29, 1.82) is 0 Å². The van der Waals surface area contributed by atoms with Crippen molar-refractivity contribution < 1.29 is 19.2 Å². The molecule has 3 amide bonds. The summed E-state index contributed by atoms with van der Waals surface area (Å²) in [6, 6.07) is -0.745. The minimum atomic E-state index is -0.566. The first-order chi connectivity index (χ1) is 14.3. The zero-order valence-electron chi connectivity index (χ0n) is 20.8. The number of imide groups is 1. The predicted octanol–water partition coefficient (Wildman–Crippen LogP) is 3.02. The van der Waals surface area contributed by atoms with E-state index in [0.717, 1.165) is 32.2 Å². The molecule has 1 aliphatic rings. The fourth-order valence-corrected chi connectivity index (χ4v) is 4.37. The Kier molecular flexibility index (Phi) is 10.3. The van der Waals surface area contributed by atoms with Gasteiger partial charge in [-0.3, -0.25) is 29.0 Å². The summed E-state index contributed by atoms with van der Waals surface area (Å²) in [5.41, 5.74) is -0.566. The summed E-state index contributed by atoms with van der Waals surface area (Å²) in [5, 5.41) is 2.94. The number of unbranched alkanes of at least 4 members (excludes halogenated alkanes) is 3. The van der Waals surface area contributed by atoms with Crippen LogP contribution in [0.2, 0.25) is 0 Å². The summed E-state index contributed by atoms with van der Waals surface area (Å²) in [5.74, 6) is -0.0640. The molecule has 1 unspecified atom stereocenters. The molecule has 1 fully saturated rings. The van der Waals surface area contributed by atoms with Crippen molar-refractivity contribution in [1.82, 2.24) is 15.1 Å². The Morgan fingerprint density at radius 3 is 2.06 bits per heavy atom. The Labute approximate surface area is 188 Å². The number of amides is 3. The fraction of sp³-hybridized carbons (Fsp3) is 0.833. The van der Waals surface area contributed by atoms with Gasteiger partial charge in [0.1, 0.15) is 0 Å². The van der Waals surface area contributed by atoms with Crippen LogP contribution in [0.3, 0.4) is 0 Å². The van der Waals surface area contributed by atoms with Crippen molar-refractivity contribution in [3.05, 3.63) is 0 Å². The molecule has 0 saturated carbocycles. The molecule has 7 heteroatoms. The molecule has 178 valence electrons. The maximum Gasteiger partial charge on any atom is 0.238 e. The van der Waals surface area contributed by atoms with Crippen molar-refractivity contribution >= 4 is 23.5 Å². The van der Waals surface area contributed by atoms with Gasteiger partial charge in [-0.1, -0.05) is 54.4 Å². The molecule has 1 heterocycles. The quantitative estimate of drug-likeness (QED) is 0.354. The van der Waals surface area contributed by atoms with Crippen LogP contribution in [-0.4, -0.2) is 65.5 Å². The largest absolute Gasteiger partial charge is 0.345 e. The van der Waals surface area contributed by atoms with E-state index in [2.05, 4.69) is 10.2 Å². The number of ketones is 1. The molecule has 0 aromatic carbocycles. The van der Waals surface area contributed by atoms with E-state index in [0.29, 0.717) is 13.0 Å². The standard InChI is InChI=1S/C24H43N3O4/c1-16(2)20(18(5)28)25-22(30)21(17(3)4)26(8)13-11-9-10-12-14-27-19(29)15-24(6,7)23(27)31/h16-17,20-21H,9-15H2,1-8H3,(H,25,30)/t20-,21?/m0/s1. The fourth-order valence-electron chi connectivity index (χ4n) is 4.37. The molecular formula is C24H43N3O4. The molecule has 0 aromatic heterocycles. The molecule has 2 atom stereocenters. The monoisotopic (exact) mass is 437 g/mol. The number of carbonyl (C=O) groups excluding carboxylic acids is 4. The Bertz CT molecular complexity index is 657. The van der Waals surface area contributed by atoms with E-state index < -0.39 is 11.5 Å². The van der Waals surface area contributed by atoms with Crippen molar-refractivity contribution in [2.75, 3.05) is 20.1 Å². The van der Waals surface area contributed by atoms with Crippen LogP contribution in [0.25, 0.3) is 0 Å². The van der Waals surface area contributed by atoms with Gasteiger partial charge in [-0.05, 0) is 45.2 Å². The van der Waals surface area contributed by atoms with Crippen molar-refractivity contribution in [3.63, 3.8) is 0 Å². The first-order valence-electron chi connectivity index (χ1n) is 11.7. The number of nitrogens with one attached hydrogen (secondary N) is 1. The van der Waals surface area contributed by atoms with Crippen LogP contribution in [0.5, 0.6) is 0 Å². The molecular weight excluding hydrogens is 394 g/mol. The number of carbonyl (C=O) groups is 4. The number of Topliss-reactive ketones (excluding diaryl/α,β-unsaturated/α-hetero) is 1. The second-order valence-corrected chi connectivity index (χ2v) is 10.3. The highest BCUT2D eigenvalue weighted by Gasteiger charge is 2.44. The second-order valence-electron chi connectivity index (χ2n) is 10.3. The highest BCUT2D eigenvalue weighted by Crippen LogP contribution is 2.31. The molecule has 1 N–H and O–H groups in total. The summed E-state index contributed by atoms with van der Waals surface area (Å²) in [6.45, 7) is 14.3. The lowest BCUT2D eigenvalue weighted by Gasteiger charge is -2.32. The Morgan fingerprint density at radius 2 is 1.61 bits per heavy atom. The van der Waals surface area contributed by atoms with E-state index in [1.54, 1.807) is 0 Å². The molecule has 1 rings (SSSR count). The molecule has 0 aromatic rings. The Balaban J connectivity index is 2.44.